The van der Waals surface area contributed by atoms with Gasteiger partial charge in [-0.05, 0) is 44.2 Å². The van der Waals surface area contributed by atoms with Crippen molar-refractivity contribution in [1.82, 2.24) is 10.2 Å². The molecule has 1 N–H and O–H groups in total. The van der Waals surface area contributed by atoms with Gasteiger partial charge in [0, 0.05) is 25.2 Å². The molecule has 2 nitrogen and oxygen atoms in total. The van der Waals surface area contributed by atoms with E-state index >= 15 is 0 Å². The van der Waals surface area contributed by atoms with Crippen molar-refractivity contribution in [3.05, 3.63) is 0 Å². The second kappa shape index (κ2) is 8.37. The first-order valence-corrected chi connectivity index (χ1v) is 7.98. The van der Waals surface area contributed by atoms with Crippen LogP contribution in [0.25, 0.3) is 0 Å². The highest BCUT2D eigenvalue weighted by Crippen LogP contribution is 2.16. The molecule has 0 spiro atoms. The molecular weight excluding hydrogens is 216 g/mol. The van der Waals surface area contributed by atoms with E-state index in [1.165, 1.54) is 50.4 Å². The van der Waals surface area contributed by atoms with Crippen LogP contribution in [0, 0.1) is 0 Å². The van der Waals surface area contributed by atoms with Crippen LogP contribution in [0.1, 0.15) is 40.0 Å². The molecule has 3 heteroatoms. The molecule has 0 saturated carbocycles. The van der Waals surface area contributed by atoms with Crippen molar-refractivity contribution in [2.24, 2.45) is 0 Å². The van der Waals surface area contributed by atoms with Gasteiger partial charge in [-0.1, -0.05) is 13.8 Å². The van der Waals surface area contributed by atoms with Crippen LogP contribution >= 0.6 is 11.8 Å². The second-order valence-electron chi connectivity index (χ2n) is 4.77. The van der Waals surface area contributed by atoms with Gasteiger partial charge in [-0.15, -0.1) is 0 Å². The molecule has 1 aliphatic rings. The third-order valence-corrected chi connectivity index (χ3v) is 4.34. The zero-order valence-corrected chi connectivity index (χ0v) is 12.0. The van der Waals surface area contributed by atoms with Crippen LogP contribution in [0.15, 0.2) is 0 Å². The van der Waals surface area contributed by atoms with Crippen molar-refractivity contribution >= 4 is 11.8 Å². The molecule has 0 aromatic rings. The maximum absolute atomic E-state index is 3.64. The Kier molecular flexibility index (Phi) is 7.50. The molecule has 0 aromatic carbocycles. The van der Waals surface area contributed by atoms with Crippen LogP contribution in [-0.4, -0.2) is 48.1 Å². The number of nitrogens with one attached hydrogen (secondary N) is 1. The lowest BCUT2D eigenvalue weighted by molar-refractivity contribution is 0.248. The van der Waals surface area contributed by atoms with Crippen molar-refractivity contribution in [2.45, 2.75) is 52.1 Å². The van der Waals surface area contributed by atoms with Gasteiger partial charge in [-0.3, -0.25) is 4.90 Å². The Morgan fingerprint density at radius 1 is 1.44 bits per heavy atom. The highest BCUT2D eigenvalue weighted by Gasteiger charge is 2.24. The molecule has 0 amide bonds. The highest BCUT2D eigenvalue weighted by molar-refractivity contribution is 7.99. The van der Waals surface area contributed by atoms with Gasteiger partial charge < -0.3 is 5.32 Å². The third kappa shape index (κ3) is 5.07. The molecule has 1 saturated heterocycles. The minimum atomic E-state index is 0.751. The van der Waals surface area contributed by atoms with Crippen LogP contribution in [-0.2, 0) is 0 Å². The van der Waals surface area contributed by atoms with E-state index in [1.807, 2.05) is 0 Å². The smallest absolute Gasteiger partial charge is 0.0207 e. The summed E-state index contributed by atoms with van der Waals surface area (Å²) >= 11 is 2.07. The van der Waals surface area contributed by atoms with Crippen molar-refractivity contribution in [2.75, 3.05) is 31.1 Å². The molecule has 1 aliphatic heterocycles. The van der Waals surface area contributed by atoms with Gasteiger partial charge in [0.15, 0.2) is 0 Å². The van der Waals surface area contributed by atoms with Crippen LogP contribution in [0.4, 0.5) is 0 Å². The van der Waals surface area contributed by atoms with E-state index in [1.54, 1.807) is 0 Å². The Labute approximate surface area is 106 Å². The van der Waals surface area contributed by atoms with Gasteiger partial charge in [0.05, 0.1) is 0 Å². The molecule has 0 aliphatic carbocycles. The minimum Gasteiger partial charge on any atom is -0.313 e. The quantitative estimate of drug-likeness (QED) is 0.661. The standard InChI is InChI=1S/C13H28N2S/c1-4-8-14-13-6-9-15(11-13)12(3)7-10-16-5-2/h12-14H,4-11H2,1-3H3. The summed E-state index contributed by atoms with van der Waals surface area (Å²) in [5.41, 5.74) is 0. The van der Waals surface area contributed by atoms with Crippen molar-refractivity contribution < 1.29 is 0 Å². The first kappa shape index (κ1) is 14.3. The molecule has 2 atom stereocenters. The van der Waals surface area contributed by atoms with E-state index in [0.29, 0.717) is 0 Å². The summed E-state index contributed by atoms with van der Waals surface area (Å²) in [7, 11) is 0. The Morgan fingerprint density at radius 3 is 2.94 bits per heavy atom. The van der Waals surface area contributed by atoms with Gasteiger partial charge in [0.1, 0.15) is 0 Å². The lowest BCUT2D eigenvalue weighted by atomic mass is 10.2. The van der Waals surface area contributed by atoms with Crippen molar-refractivity contribution in [3.8, 4) is 0 Å². The predicted molar refractivity (Wildman–Crippen MR) is 75.3 cm³/mol. The molecule has 1 heterocycles. The summed E-state index contributed by atoms with van der Waals surface area (Å²) in [4.78, 5) is 2.66. The first-order valence-electron chi connectivity index (χ1n) is 6.83. The lowest BCUT2D eigenvalue weighted by Gasteiger charge is -2.24. The molecule has 1 fully saturated rings. The molecular formula is C13H28N2S. The average Bonchev–Trinajstić information content (AvgIpc) is 2.75. The van der Waals surface area contributed by atoms with Crippen LogP contribution in [0.5, 0.6) is 0 Å². The Morgan fingerprint density at radius 2 is 2.25 bits per heavy atom. The molecule has 0 aromatic heterocycles. The highest BCUT2D eigenvalue weighted by atomic mass is 32.2. The van der Waals surface area contributed by atoms with E-state index in [4.69, 9.17) is 0 Å². The van der Waals surface area contributed by atoms with E-state index in [2.05, 4.69) is 42.7 Å². The normalized spacial score (nSPS) is 23.8. The first-order chi connectivity index (χ1) is 7.77. The number of likely N-dealkylation sites (tertiary alicyclic amines) is 1. The SMILES string of the molecule is CCCNC1CCN(C(C)CCSCC)C1. The summed E-state index contributed by atoms with van der Waals surface area (Å²) in [5.74, 6) is 2.58. The fraction of sp³-hybridized carbons (Fsp3) is 1.00. The summed E-state index contributed by atoms with van der Waals surface area (Å²) < 4.78 is 0. The average molecular weight is 244 g/mol. The molecule has 0 bridgehead atoms. The molecule has 2 unspecified atom stereocenters. The topological polar surface area (TPSA) is 15.3 Å². The van der Waals surface area contributed by atoms with Crippen molar-refractivity contribution in [1.29, 1.82) is 0 Å². The number of rotatable bonds is 8. The van der Waals surface area contributed by atoms with E-state index < -0.39 is 0 Å². The number of nitrogens with zero attached hydrogens (tertiary/aromatic N) is 1. The zero-order chi connectivity index (χ0) is 11.8. The number of hydrogen-bond acceptors (Lipinski definition) is 3. The molecule has 16 heavy (non-hydrogen) atoms. The Hall–Kier alpha value is 0.270. The van der Waals surface area contributed by atoms with Gasteiger partial charge in [0.25, 0.3) is 0 Å². The summed E-state index contributed by atoms with van der Waals surface area (Å²) in [5, 5.41) is 3.64. The molecule has 0 radical (unpaired) electrons. The molecule has 96 valence electrons. The maximum Gasteiger partial charge on any atom is 0.0207 e. The van der Waals surface area contributed by atoms with Crippen LogP contribution in [0.3, 0.4) is 0 Å². The largest absolute Gasteiger partial charge is 0.313 e. The van der Waals surface area contributed by atoms with E-state index in [0.717, 1.165) is 12.1 Å². The van der Waals surface area contributed by atoms with Crippen LogP contribution < -0.4 is 5.32 Å². The molecule has 1 rings (SSSR count). The maximum atomic E-state index is 3.64. The summed E-state index contributed by atoms with van der Waals surface area (Å²) in [6, 6.07) is 1.52. The van der Waals surface area contributed by atoms with Crippen molar-refractivity contribution in [3.63, 3.8) is 0 Å². The summed E-state index contributed by atoms with van der Waals surface area (Å²) in [6.07, 6.45) is 3.93. The van der Waals surface area contributed by atoms with Gasteiger partial charge in [0.2, 0.25) is 0 Å². The van der Waals surface area contributed by atoms with Gasteiger partial charge in [-0.2, -0.15) is 11.8 Å². The Bertz CT molecular complexity index is 175. The number of hydrogen-bond donors (Lipinski definition) is 1. The predicted octanol–water partition coefficient (Wildman–Crippen LogP) is 2.59. The monoisotopic (exact) mass is 244 g/mol. The third-order valence-electron chi connectivity index (χ3n) is 3.41. The van der Waals surface area contributed by atoms with E-state index in [-0.39, 0.29) is 0 Å². The second-order valence-corrected chi connectivity index (χ2v) is 6.16. The fourth-order valence-corrected chi connectivity index (χ4v) is 3.08. The zero-order valence-electron chi connectivity index (χ0n) is 11.2. The van der Waals surface area contributed by atoms with E-state index in [9.17, 15) is 0 Å². The Balaban J connectivity index is 2.13. The lowest BCUT2D eigenvalue weighted by Crippen LogP contribution is -2.36. The fourth-order valence-electron chi connectivity index (χ4n) is 2.28. The minimum absolute atomic E-state index is 0.751. The summed E-state index contributed by atoms with van der Waals surface area (Å²) in [6.45, 7) is 10.6. The van der Waals surface area contributed by atoms with Gasteiger partial charge in [-0.25, -0.2) is 0 Å². The van der Waals surface area contributed by atoms with Crippen LogP contribution in [0.2, 0.25) is 0 Å². The van der Waals surface area contributed by atoms with Gasteiger partial charge >= 0.3 is 0 Å². The number of thioether (sulfide) groups is 1.